The second kappa shape index (κ2) is 5.81. The van der Waals surface area contributed by atoms with Crippen LogP contribution in [0.15, 0.2) is 12.3 Å². The van der Waals surface area contributed by atoms with Crippen molar-refractivity contribution in [3.63, 3.8) is 0 Å². The quantitative estimate of drug-likeness (QED) is 0.704. The van der Waals surface area contributed by atoms with E-state index in [0.717, 1.165) is 25.9 Å². The summed E-state index contributed by atoms with van der Waals surface area (Å²) >= 11 is 0. The van der Waals surface area contributed by atoms with Gasteiger partial charge >= 0.3 is 0 Å². The van der Waals surface area contributed by atoms with E-state index in [1.807, 2.05) is 6.20 Å². The van der Waals surface area contributed by atoms with Crippen LogP contribution in [0, 0.1) is 5.92 Å². The zero-order chi connectivity index (χ0) is 10.4. The van der Waals surface area contributed by atoms with E-state index in [2.05, 4.69) is 29.7 Å². The Hall–Kier alpha value is -0.830. The van der Waals surface area contributed by atoms with Crippen molar-refractivity contribution in [1.82, 2.24) is 9.78 Å². The molecule has 3 heteroatoms. The third kappa shape index (κ3) is 3.50. The molecule has 0 radical (unpaired) electrons. The van der Waals surface area contributed by atoms with Crippen molar-refractivity contribution in [3.8, 4) is 0 Å². The van der Waals surface area contributed by atoms with Gasteiger partial charge < -0.3 is 5.73 Å². The van der Waals surface area contributed by atoms with Crippen molar-refractivity contribution in [3.05, 3.63) is 18.0 Å². The molecule has 2 N–H and O–H groups in total. The Morgan fingerprint density at radius 1 is 1.43 bits per heavy atom. The van der Waals surface area contributed by atoms with Crippen LogP contribution in [-0.2, 0) is 13.0 Å². The monoisotopic (exact) mass is 195 g/mol. The number of aryl methyl sites for hydroxylation is 1. The van der Waals surface area contributed by atoms with Crippen molar-refractivity contribution < 1.29 is 0 Å². The molecule has 0 spiro atoms. The van der Waals surface area contributed by atoms with Gasteiger partial charge in [-0.25, -0.2) is 0 Å². The van der Waals surface area contributed by atoms with Gasteiger partial charge in [0, 0.05) is 18.4 Å². The zero-order valence-corrected chi connectivity index (χ0v) is 9.24. The first-order valence-electron chi connectivity index (χ1n) is 5.44. The maximum absolute atomic E-state index is 5.46. The van der Waals surface area contributed by atoms with Gasteiger partial charge in [0.05, 0.1) is 0 Å². The van der Waals surface area contributed by atoms with Crippen molar-refractivity contribution in [1.29, 1.82) is 0 Å². The smallest absolute Gasteiger partial charge is 0.0492 e. The summed E-state index contributed by atoms with van der Waals surface area (Å²) in [7, 11) is 0. The molecule has 1 aromatic heterocycles. The van der Waals surface area contributed by atoms with Gasteiger partial charge in [-0.2, -0.15) is 5.10 Å². The number of unbranched alkanes of at least 4 members (excludes halogenated alkanes) is 1. The SMILES string of the molecule is CC(C)Cn1nccc1CCCCN. The molecule has 0 fully saturated rings. The lowest BCUT2D eigenvalue weighted by molar-refractivity contribution is 0.465. The molecule has 0 atom stereocenters. The summed E-state index contributed by atoms with van der Waals surface area (Å²) in [6, 6.07) is 2.11. The van der Waals surface area contributed by atoms with E-state index >= 15 is 0 Å². The van der Waals surface area contributed by atoms with E-state index in [-0.39, 0.29) is 0 Å². The number of nitrogens with two attached hydrogens (primary N) is 1. The zero-order valence-electron chi connectivity index (χ0n) is 9.24. The Labute approximate surface area is 86.3 Å². The van der Waals surface area contributed by atoms with Crippen LogP contribution in [0.1, 0.15) is 32.4 Å². The summed E-state index contributed by atoms with van der Waals surface area (Å²) in [5.41, 5.74) is 6.80. The number of aromatic nitrogens is 2. The highest BCUT2D eigenvalue weighted by Gasteiger charge is 2.03. The molecule has 0 aliphatic carbocycles. The maximum atomic E-state index is 5.46. The van der Waals surface area contributed by atoms with Gasteiger partial charge in [-0.3, -0.25) is 4.68 Å². The normalized spacial score (nSPS) is 11.1. The fraction of sp³-hybridized carbons (Fsp3) is 0.727. The molecule has 0 bridgehead atoms. The minimum atomic E-state index is 0.656. The van der Waals surface area contributed by atoms with Gasteiger partial charge in [0.25, 0.3) is 0 Å². The third-order valence-corrected chi connectivity index (χ3v) is 2.23. The first-order valence-corrected chi connectivity index (χ1v) is 5.44. The minimum Gasteiger partial charge on any atom is -0.330 e. The molecule has 80 valence electrons. The summed E-state index contributed by atoms with van der Waals surface area (Å²) in [5, 5.41) is 4.32. The molecule has 0 saturated carbocycles. The van der Waals surface area contributed by atoms with Crippen LogP contribution in [-0.4, -0.2) is 16.3 Å². The second-order valence-electron chi connectivity index (χ2n) is 4.14. The number of hydrogen-bond acceptors (Lipinski definition) is 2. The first-order chi connectivity index (χ1) is 6.74. The highest BCUT2D eigenvalue weighted by molar-refractivity contribution is 5.00. The van der Waals surface area contributed by atoms with Crippen LogP contribution < -0.4 is 5.73 Å². The van der Waals surface area contributed by atoms with E-state index in [1.165, 1.54) is 12.1 Å². The van der Waals surface area contributed by atoms with E-state index in [0.29, 0.717) is 5.92 Å². The fourth-order valence-corrected chi connectivity index (χ4v) is 1.53. The highest BCUT2D eigenvalue weighted by atomic mass is 15.3. The highest BCUT2D eigenvalue weighted by Crippen LogP contribution is 2.07. The molecule has 14 heavy (non-hydrogen) atoms. The molecule has 1 rings (SSSR count). The lowest BCUT2D eigenvalue weighted by atomic mass is 10.2. The van der Waals surface area contributed by atoms with Crippen molar-refractivity contribution >= 4 is 0 Å². The molecule has 3 nitrogen and oxygen atoms in total. The molecule has 0 aliphatic rings. The molecular formula is C11H21N3. The summed E-state index contributed by atoms with van der Waals surface area (Å²) in [5.74, 6) is 0.656. The Morgan fingerprint density at radius 2 is 2.21 bits per heavy atom. The number of rotatable bonds is 6. The Morgan fingerprint density at radius 3 is 2.86 bits per heavy atom. The summed E-state index contributed by atoms with van der Waals surface area (Å²) in [6.07, 6.45) is 5.26. The third-order valence-electron chi connectivity index (χ3n) is 2.23. The maximum Gasteiger partial charge on any atom is 0.0492 e. The van der Waals surface area contributed by atoms with Gasteiger partial charge in [-0.15, -0.1) is 0 Å². The van der Waals surface area contributed by atoms with Gasteiger partial charge in [0.1, 0.15) is 0 Å². The van der Waals surface area contributed by atoms with E-state index in [9.17, 15) is 0 Å². The van der Waals surface area contributed by atoms with Crippen LogP contribution in [0.3, 0.4) is 0 Å². The molecular weight excluding hydrogens is 174 g/mol. The predicted molar refractivity (Wildman–Crippen MR) is 59.1 cm³/mol. The van der Waals surface area contributed by atoms with E-state index in [4.69, 9.17) is 5.73 Å². The largest absolute Gasteiger partial charge is 0.330 e. The van der Waals surface area contributed by atoms with E-state index in [1.54, 1.807) is 0 Å². The molecule has 0 aromatic carbocycles. The standard InChI is InChI=1S/C11H21N3/c1-10(2)9-14-11(6-8-13-14)5-3-4-7-12/h6,8,10H,3-5,7,9,12H2,1-2H3. The summed E-state index contributed by atoms with van der Waals surface area (Å²) in [6.45, 7) is 6.24. The molecule has 0 aliphatic heterocycles. The van der Waals surface area contributed by atoms with E-state index < -0.39 is 0 Å². The van der Waals surface area contributed by atoms with Gasteiger partial charge in [0.2, 0.25) is 0 Å². The van der Waals surface area contributed by atoms with Gasteiger partial charge in [-0.05, 0) is 37.8 Å². The molecule has 0 amide bonds. The topological polar surface area (TPSA) is 43.8 Å². The lowest BCUT2D eigenvalue weighted by Crippen LogP contribution is -2.10. The predicted octanol–water partition coefficient (Wildman–Crippen LogP) is 1.82. The Bertz CT molecular complexity index is 253. The van der Waals surface area contributed by atoms with Crippen LogP contribution in [0.25, 0.3) is 0 Å². The Kier molecular flexibility index (Phi) is 4.66. The second-order valence-corrected chi connectivity index (χ2v) is 4.14. The number of nitrogens with zero attached hydrogens (tertiary/aromatic N) is 2. The van der Waals surface area contributed by atoms with Crippen molar-refractivity contribution in [2.45, 2.75) is 39.7 Å². The first kappa shape index (κ1) is 11.2. The molecule has 1 heterocycles. The van der Waals surface area contributed by atoms with Crippen molar-refractivity contribution in [2.24, 2.45) is 11.7 Å². The van der Waals surface area contributed by atoms with Gasteiger partial charge in [-0.1, -0.05) is 13.8 Å². The number of hydrogen-bond donors (Lipinski definition) is 1. The van der Waals surface area contributed by atoms with Crippen LogP contribution in [0.5, 0.6) is 0 Å². The lowest BCUT2D eigenvalue weighted by Gasteiger charge is -2.09. The Balaban J connectivity index is 2.45. The van der Waals surface area contributed by atoms with Crippen LogP contribution in [0.4, 0.5) is 0 Å². The minimum absolute atomic E-state index is 0.656. The van der Waals surface area contributed by atoms with Crippen molar-refractivity contribution in [2.75, 3.05) is 6.54 Å². The average Bonchev–Trinajstić information content (AvgIpc) is 2.52. The molecule has 0 saturated heterocycles. The average molecular weight is 195 g/mol. The molecule has 1 aromatic rings. The fourth-order valence-electron chi connectivity index (χ4n) is 1.53. The van der Waals surface area contributed by atoms with Crippen LogP contribution in [0.2, 0.25) is 0 Å². The molecule has 0 unspecified atom stereocenters. The summed E-state index contributed by atoms with van der Waals surface area (Å²) < 4.78 is 2.11. The summed E-state index contributed by atoms with van der Waals surface area (Å²) in [4.78, 5) is 0. The van der Waals surface area contributed by atoms with Crippen LogP contribution >= 0.6 is 0 Å². The van der Waals surface area contributed by atoms with Gasteiger partial charge in [0.15, 0.2) is 0 Å².